The molecule has 0 aliphatic rings. The number of amides is 1. The standard InChI is InChI=1S/C24H19FN4O2/c25-20-10-6-17(7-11-20)15-26-29-24(30)23-14-22(27-28-23)19-8-12-21(13-9-19)31-16-18-4-2-1-3-5-18/h1-15H,16H2,(H,27,28)(H,29,30)/b26-15+. The lowest BCUT2D eigenvalue weighted by atomic mass is 10.1. The van der Waals surface area contributed by atoms with E-state index in [0.717, 1.165) is 16.9 Å². The van der Waals surface area contributed by atoms with Gasteiger partial charge in [0.1, 0.15) is 23.9 Å². The molecular weight excluding hydrogens is 395 g/mol. The number of hydrazone groups is 1. The quantitative estimate of drug-likeness (QED) is 0.344. The minimum Gasteiger partial charge on any atom is -0.489 e. The number of rotatable bonds is 7. The number of hydrogen-bond donors (Lipinski definition) is 2. The molecule has 0 saturated heterocycles. The molecule has 0 aliphatic heterocycles. The summed E-state index contributed by atoms with van der Waals surface area (Å²) in [7, 11) is 0. The maximum atomic E-state index is 12.9. The van der Waals surface area contributed by atoms with Crippen molar-refractivity contribution in [1.82, 2.24) is 15.6 Å². The molecule has 1 heterocycles. The summed E-state index contributed by atoms with van der Waals surface area (Å²) in [5.41, 5.74) is 5.92. The first-order valence-corrected chi connectivity index (χ1v) is 9.59. The van der Waals surface area contributed by atoms with Crippen LogP contribution < -0.4 is 10.2 Å². The lowest BCUT2D eigenvalue weighted by molar-refractivity contribution is 0.0950. The molecule has 2 N–H and O–H groups in total. The summed E-state index contributed by atoms with van der Waals surface area (Å²) in [6.07, 6.45) is 1.43. The van der Waals surface area contributed by atoms with Crippen molar-refractivity contribution in [2.24, 2.45) is 5.10 Å². The molecule has 0 bridgehead atoms. The van der Waals surface area contributed by atoms with E-state index in [2.05, 4.69) is 20.7 Å². The number of nitrogens with one attached hydrogen (secondary N) is 2. The Morgan fingerprint density at radius 2 is 1.77 bits per heavy atom. The number of benzene rings is 3. The number of carbonyl (C=O) groups is 1. The van der Waals surface area contributed by atoms with E-state index in [0.29, 0.717) is 17.9 Å². The maximum Gasteiger partial charge on any atom is 0.289 e. The number of carbonyl (C=O) groups excluding carboxylic acids is 1. The number of H-pyrrole nitrogens is 1. The second-order valence-corrected chi connectivity index (χ2v) is 6.72. The number of halogens is 1. The highest BCUT2D eigenvalue weighted by atomic mass is 19.1. The van der Waals surface area contributed by atoms with Crippen LogP contribution in [-0.2, 0) is 6.61 Å². The maximum absolute atomic E-state index is 12.9. The molecule has 0 saturated carbocycles. The van der Waals surface area contributed by atoms with Gasteiger partial charge in [0.2, 0.25) is 0 Å². The number of aromatic amines is 1. The van der Waals surface area contributed by atoms with Gasteiger partial charge in [-0.25, -0.2) is 9.82 Å². The predicted molar refractivity (Wildman–Crippen MR) is 116 cm³/mol. The molecule has 4 aromatic rings. The van der Waals surface area contributed by atoms with Gasteiger partial charge in [0.05, 0.1) is 11.9 Å². The largest absolute Gasteiger partial charge is 0.489 e. The molecule has 0 fully saturated rings. The Morgan fingerprint density at radius 1 is 1.03 bits per heavy atom. The molecule has 0 unspecified atom stereocenters. The van der Waals surface area contributed by atoms with E-state index in [-0.39, 0.29) is 11.5 Å². The Labute approximate surface area is 178 Å². The van der Waals surface area contributed by atoms with Crippen molar-refractivity contribution in [2.75, 3.05) is 0 Å². The number of hydrogen-bond acceptors (Lipinski definition) is 4. The van der Waals surface area contributed by atoms with Crippen LogP contribution in [0.3, 0.4) is 0 Å². The van der Waals surface area contributed by atoms with Gasteiger partial charge in [0.25, 0.3) is 5.91 Å². The van der Waals surface area contributed by atoms with Crippen molar-refractivity contribution in [3.8, 4) is 17.0 Å². The van der Waals surface area contributed by atoms with Crippen LogP contribution in [-0.4, -0.2) is 22.3 Å². The second kappa shape index (κ2) is 9.49. The summed E-state index contributed by atoms with van der Waals surface area (Å²) in [6, 6.07) is 24.8. The molecule has 4 rings (SSSR count). The van der Waals surface area contributed by atoms with Crippen LogP contribution >= 0.6 is 0 Å². The molecule has 6 nitrogen and oxygen atoms in total. The first kappa shape index (κ1) is 20.0. The average Bonchev–Trinajstić information content (AvgIpc) is 3.30. The summed E-state index contributed by atoms with van der Waals surface area (Å²) < 4.78 is 18.7. The minimum absolute atomic E-state index is 0.274. The minimum atomic E-state index is -0.431. The summed E-state index contributed by atoms with van der Waals surface area (Å²) in [5, 5.41) is 10.8. The Morgan fingerprint density at radius 3 is 2.52 bits per heavy atom. The van der Waals surface area contributed by atoms with Crippen LogP contribution in [0.25, 0.3) is 11.3 Å². The smallest absolute Gasteiger partial charge is 0.289 e. The van der Waals surface area contributed by atoms with Crippen molar-refractivity contribution in [3.63, 3.8) is 0 Å². The van der Waals surface area contributed by atoms with Gasteiger partial charge in [-0.05, 0) is 53.6 Å². The van der Waals surface area contributed by atoms with Crippen molar-refractivity contribution >= 4 is 12.1 Å². The first-order chi connectivity index (χ1) is 15.2. The zero-order valence-electron chi connectivity index (χ0n) is 16.5. The Balaban J connectivity index is 1.34. The van der Waals surface area contributed by atoms with E-state index in [4.69, 9.17) is 4.74 Å². The van der Waals surface area contributed by atoms with Gasteiger partial charge in [-0.3, -0.25) is 9.89 Å². The van der Waals surface area contributed by atoms with Crippen molar-refractivity contribution < 1.29 is 13.9 Å². The summed E-state index contributed by atoms with van der Waals surface area (Å²) >= 11 is 0. The van der Waals surface area contributed by atoms with Gasteiger partial charge in [-0.1, -0.05) is 42.5 Å². The van der Waals surface area contributed by atoms with Gasteiger partial charge >= 0.3 is 0 Å². The van der Waals surface area contributed by atoms with E-state index in [1.165, 1.54) is 18.3 Å². The fraction of sp³-hybridized carbons (Fsp3) is 0.0417. The Bertz CT molecular complexity index is 1170. The fourth-order valence-electron chi connectivity index (χ4n) is 2.82. The number of aromatic nitrogens is 2. The summed E-state index contributed by atoms with van der Waals surface area (Å²) in [4.78, 5) is 12.2. The lowest BCUT2D eigenvalue weighted by Crippen LogP contribution is -2.17. The van der Waals surface area contributed by atoms with E-state index in [1.54, 1.807) is 18.2 Å². The van der Waals surface area contributed by atoms with Crippen LogP contribution in [0.2, 0.25) is 0 Å². The van der Waals surface area contributed by atoms with Crippen molar-refractivity contribution in [3.05, 3.63) is 108 Å². The van der Waals surface area contributed by atoms with Gasteiger partial charge in [-0.15, -0.1) is 0 Å². The van der Waals surface area contributed by atoms with Crippen LogP contribution in [0.4, 0.5) is 4.39 Å². The van der Waals surface area contributed by atoms with Gasteiger partial charge in [-0.2, -0.15) is 10.2 Å². The molecule has 0 radical (unpaired) electrons. The molecule has 31 heavy (non-hydrogen) atoms. The van der Waals surface area contributed by atoms with E-state index in [1.807, 2.05) is 54.6 Å². The zero-order valence-corrected chi connectivity index (χ0v) is 16.5. The molecule has 154 valence electrons. The van der Waals surface area contributed by atoms with E-state index in [9.17, 15) is 9.18 Å². The summed E-state index contributed by atoms with van der Waals surface area (Å²) in [6.45, 7) is 0.491. The Hall–Kier alpha value is -4.26. The van der Waals surface area contributed by atoms with Crippen LogP contribution in [0.15, 0.2) is 90.0 Å². The third-order valence-corrected chi connectivity index (χ3v) is 4.47. The van der Waals surface area contributed by atoms with Crippen molar-refractivity contribution in [1.29, 1.82) is 0 Å². The van der Waals surface area contributed by atoms with Crippen LogP contribution in [0.1, 0.15) is 21.6 Å². The predicted octanol–water partition coefficient (Wildman–Crippen LogP) is 4.56. The van der Waals surface area contributed by atoms with Crippen molar-refractivity contribution in [2.45, 2.75) is 6.61 Å². The second-order valence-electron chi connectivity index (χ2n) is 6.72. The van der Waals surface area contributed by atoms with Gasteiger partial charge < -0.3 is 4.74 Å². The van der Waals surface area contributed by atoms with Gasteiger partial charge in [0.15, 0.2) is 0 Å². The monoisotopic (exact) mass is 414 g/mol. The van der Waals surface area contributed by atoms with E-state index < -0.39 is 5.91 Å². The Kier molecular flexibility index (Phi) is 6.13. The third-order valence-electron chi connectivity index (χ3n) is 4.47. The normalized spacial score (nSPS) is 10.9. The van der Waals surface area contributed by atoms with Gasteiger partial charge in [0, 0.05) is 5.56 Å². The highest BCUT2D eigenvalue weighted by molar-refractivity contribution is 5.94. The zero-order chi connectivity index (χ0) is 21.5. The molecule has 0 spiro atoms. The fourth-order valence-corrected chi connectivity index (χ4v) is 2.82. The topological polar surface area (TPSA) is 79.4 Å². The molecular formula is C24H19FN4O2. The molecule has 3 aromatic carbocycles. The molecule has 7 heteroatoms. The third kappa shape index (κ3) is 5.42. The number of ether oxygens (including phenoxy) is 1. The molecule has 1 amide bonds. The molecule has 0 aliphatic carbocycles. The van der Waals surface area contributed by atoms with E-state index >= 15 is 0 Å². The lowest BCUT2D eigenvalue weighted by Gasteiger charge is -2.06. The van der Waals surface area contributed by atoms with Crippen LogP contribution in [0, 0.1) is 5.82 Å². The number of nitrogens with zero attached hydrogens (tertiary/aromatic N) is 2. The molecule has 1 aromatic heterocycles. The van der Waals surface area contributed by atoms with Crippen LogP contribution in [0.5, 0.6) is 5.75 Å². The highest BCUT2D eigenvalue weighted by Crippen LogP contribution is 2.22. The summed E-state index contributed by atoms with van der Waals surface area (Å²) in [5.74, 6) is -0.0156. The average molecular weight is 414 g/mol. The SMILES string of the molecule is O=C(N/N=C/c1ccc(F)cc1)c1cc(-c2ccc(OCc3ccccc3)cc2)n[nH]1. The molecule has 0 atom stereocenters. The first-order valence-electron chi connectivity index (χ1n) is 9.59. The highest BCUT2D eigenvalue weighted by Gasteiger charge is 2.10.